The maximum absolute atomic E-state index is 10.8. The van der Waals surface area contributed by atoms with Crippen LogP contribution in [0.3, 0.4) is 0 Å². The van der Waals surface area contributed by atoms with Crippen LogP contribution in [0.4, 0.5) is 0 Å². The van der Waals surface area contributed by atoms with E-state index in [-0.39, 0.29) is 290 Å². The summed E-state index contributed by atoms with van der Waals surface area (Å²) in [7, 11) is 0. The van der Waals surface area contributed by atoms with Crippen LogP contribution in [0.5, 0.6) is 0 Å². The van der Waals surface area contributed by atoms with Crippen LogP contribution in [-0.2, 0) is 81.5 Å². The van der Waals surface area contributed by atoms with Gasteiger partial charge in [-0.1, -0.05) is 141 Å². The molecule has 4 N–H and O–H groups in total. The van der Waals surface area contributed by atoms with Gasteiger partial charge in [0.1, 0.15) is 0 Å². The van der Waals surface area contributed by atoms with E-state index in [9.17, 15) is 158 Å². The number of carboxylic acid groups (broad SMARTS) is 15. The standard InChI is InChI=1S/2C18H35NO.3C14H23N3O10.5Gd/c2*1-2-3-4-5-6-7-8-9-10-11-12-13-14-15-16-17-18(19)20;3*18-10(19)5-15(1-3-16(6-11(20)21)7-12(22)23)2-4-17(8-13(24)25)9-14(26)27;;;;;/h2*7-8H,2-6,9-17H2,1H3,(H2,19,20);3*1-9H2,(H,18,19)(H,20,21)(H,22,23)(H,24,25)(H,26,27);;;;;/q;;;;;5*+3/p-15/b2*8-7+;;;;;;;;. The molecule has 723 valence electrons. The summed E-state index contributed by atoms with van der Waals surface area (Å²) in [6.45, 7) is -7.97. The Labute approximate surface area is 898 Å². The van der Waals surface area contributed by atoms with Crippen LogP contribution in [-0.4, -0.2) is 322 Å². The normalized spacial score (nSPS) is 10.7. The van der Waals surface area contributed by atoms with Crippen LogP contribution in [0.15, 0.2) is 24.3 Å². The minimum absolute atomic E-state index is 0. The summed E-state index contributed by atoms with van der Waals surface area (Å²) in [5, 5.41) is 160. The number of nitrogens with zero attached hydrogens (tertiary/aromatic N) is 9. The van der Waals surface area contributed by atoms with Crippen molar-refractivity contribution in [3.8, 4) is 0 Å². The second kappa shape index (κ2) is 99.2. The van der Waals surface area contributed by atoms with Crippen LogP contribution >= 0.6 is 0 Å². The first-order valence-electron chi connectivity index (χ1n) is 40.4. The molecule has 2 amide bonds. The monoisotopic (exact) mass is 2520 g/mol. The average Bonchev–Trinajstić information content (AvgIpc) is 0.927. The van der Waals surface area contributed by atoms with Crippen molar-refractivity contribution in [3.63, 3.8) is 0 Å². The summed E-state index contributed by atoms with van der Waals surface area (Å²) in [4.78, 5) is 190. The van der Waals surface area contributed by atoms with E-state index < -0.39 is 188 Å². The zero-order valence-corrected chi connectivity index (χ0v) is 83.1. The van der Waals surface area contributed by atoms with Crippen molar-refractivity contribution < 1.29 is 358 Å². The van der Waals surface area contributed by atoms with Gasteiger partial charge in [-0.05, 0) is 64.2 Å². The Morgan fingerprint density at radius 1 is 0.183 bits per heavy atom. The Hall–Kier alpha value is -3.27. The third-order valence-electron chi connectivity index (χ3n) is 17.1. The summed E-state index contributed by atoms with van der Waals surface area (Å²) in [5.41, 5.74) is 10.2. The second-order valence-electron chi connectivity index (χ2n) is 28.3. The Bertz CT molecular complexity index is 2560. The number of amides is 2. The van der Waals surface area contributed by atoms with Crippen LogP contribution in [0, 0.1) is 200 Å². The van der Waals surface area contributed by atoms with E-state index >= 15 is 0 Å². The van der Waals surface area contributed by atoms with Crippen molar-refractivity contribution in [1.29, 1.82) is 0 Å². The number of carbonyl (C=O) groups is 17. The molecule has 0 aliphatic rings. The SMILES string of the molecule is CCCCCC/C=C/CCCCCCCCCC(N)=O.CCCCCC/C=C/CCCCCCCCCC(N)=O.O=C([O-])CN(CCN(CC(=O)[O-])CC(=O)[O-])CCN(CC(=O)[O-])CC(=O)[O-].O=C([O-])CN(CCN(CC(=O)[O-])CC(=O)[O-])CCN(CC(=O)[O-])CC(=O)[O-].O=C([O-])CN(CCN(CC(=O)[O-])CC(=O)[O-])CCN(CC(=O)[O-])CC(=O)[O-].[Gd+3].[Gd+3].[Gd+3].[Gd+3].[Gd+3]. The van der Waals surface area contributed by atoms with E-state index in [4.69, 9.17) is 11.5 Å². The molecule has 48 heteroatoms. The minimum Gasteiger partial charge on any atom is -0.549 e. The molecule has 5 radical (unpaired) electrons. The van der Waals surface area contributed by atoms with Gasteiger partial charge >= 0.3 is 200 Å². The van der Waals surface area contributed by atoms with Gasteiger partial charge in [-0.15, -0.1) is 0 Å². The van der Waals surface area contributed by atoms with Gasteiger partial charge in [-0.25, -0.2) is 0 Å². The fourth-order valence-corrected chi connectivity index (χ4v) is 11.3. The number of carbonyl (C=O) groups excluding carboxylic acids is 17. The van der Waals surface area contributed by atoms with Gasteiger partial charge in [0.25, 0.3) is 0 Å². The molecule has 0 bridgehead atoms. The largest absolute Gasteiger partial charge is 3.00 e. The quantitative estimate of drug-likeness (QED) is 0.0422. The number of allylic oxidation sites excluding steroid dienone is 4. The number of nitrogens with two attached hydrogens (primary N) is 2. The predicted octanol–water partition coefficient (Wildman–Crippen LogP) is -17.1. The third-order valence-corrected chi connectivity index (χ3v) is 17.1. The molecule has 0 heterocycles. The zero-order chi connectivity index (χ0) is 92.7. The van der Waals surface area contributed by atoms with E-state index in [2.05, 4.69) is 38.2 Å². The second-order valence-corrected chi connectivity index (χ2v) is 28.3. The maximum atomic E-state index is 10.8. The Kier molecular flexibility index (Phi) is 113. The number of unbranched alkanes of at least 4 members (excludes halogenated alkanes) is 22. The topological polar surface area (TPSA) is 717 Å². The molecule has 0 aliphatic carbocycles. The zero-order valence-electron chi connectivity index (χ0n) is 71.7. The van der Waals surface area contributed by atoms with Crippen LogP contribution in [0.1, 0.15) is 194 Å². The third kappa shape index (κ3) is 119. The van der Waals surface area contributed by atoms with Crippen molar-refractivity contribution in [2.24, 2.45) is 11.5 Å². The van der Waals surface area contributed by atoms with Gasteiger partial charge in [-0.2, -0.15) is 0 Å². The first-order chi connectivity index (χ1) is 57.0. The number of aliphatic carboxylic acids is 15. The van der Waals surface area contributed by atoms with E-state index in [1.165, 1.54) is 156 Å². The Balaban J connectivity index is -0.000000166. The number of primary amides is 2. The van der Waals surface area contributed by atoms with Crippen LogP contribution < -0.4 is 88.1 Å². The van der Waals surface area contributed by atoms with Crippen molar-refractivity contribution in [3.05, 3.63) is 24.3 Å². The number of carboxylic acids is 15. The molecule has 0 fully saturated rings. The van der Waals surface area contributed by atoms with Gasteiger partial charge in [0, 0.05) is 190 Å². The summed E-state index contributed by atoms with van der Waals surface area (Å²) in [5.74, 6) is -23.3. The minimum atomic E-state index is -1.54. The van der Waals surface area contributed by atoms with Crippen LogP contribution in [0.25, 0.3) is 0 Å². The first-order valence-corrected chi connectivity index (χ1v) is 40.4. The van der Waals surface area contributed by atoms with Gasteiger partial charge in [0.2, 0.25) is 11.8 Å². The summed E-state index contributed by atoms with van der Waals surface area (Å²) in [6, 6.07) is 0. The number of hydrogen-bond donors (Lipinski definition) is 2. The van der Waals surface area contributed by atoms with Crippen molar-refractivity contribution in [2.75, 3.05) is 177 Å². The summed E-state index contributed by atoms with van der Waals surface area (Å²) < 4.78 is 0. The Morgan fingerprint density at radius 3 is 0.421 bits per heavy atom. The molecule has 0 saturated carbocycles. The van der Waals surface area contributed by atoms with Crippen molar-refractivity contribution in [1.82, 2.24) is 44.1 Å². The number of rotatable bonds is 78. The van der Waals surface area contributed by atoms with E-state index in [1.807, 2.05) is 0 Å². The molecule has 0 unspecified atom stereocenters. The molecule has 0 atom stereocenters. The summed E-state index contributed by atoms with van der Waals surface area (Å²) in [6.07, 6.45) is 43.8. The van der Waals surface area contributed by atoms with E-state index in [0.717, 1.165) is 55.1 Å². The fourth-order valence-electron chi connectivity index (χ4n) is 11.3. The molecule has 0 aromatic heterocycles. The molecule has 0 aliphatic heterocycles. The molecule has 43 nitrogen and oxygen atoms in total. The van der Waals surface area contributed by atoms with Crippen molar-refractivity contribution >= 4 is 101 Å². The summed E-state index contributed by atoms with van der Waals surface area (Å²) >= 11 is 0. The molecule has 0 saturated heterocycles. The molecule has 0 aromatic rings. The number of hydrogen-bond acceptors (Lipinski definition) is 41. The smallest absolute Gasteiger partial charge is 0.549 e. The van der Waals surface area contributed by atoms with Crippen molar-refractivity contribution in [2.45, 2.75) is 194 Å². The van der Waals surface area contributed by atoms with Gasteiger partial charge in [0.15, 0.2) is 0 Å². The average molecular weight is 2510 g/mol. The van der Waals surface area contributed by atoms with Crippen LogP contribution in [0.2, 0.25) is 0 Å². The molecular formula is C78H124Gd5N11O32. The molecule has 0 rings (SSSR count). The van der Waals surface area contributed by atoms with Gasteiger partial charge in [-0.3, -0.25) is 53.7 Å². The molecule has 0 aromatic carbocycles. The predicted molar refractivity (Wildman–Crippen MR) is 400 cm³/mol. The molecule has 0 spiro atoms. The van der Waals surface area contributed by atoms with E-state index in [0.29, 0.717) is 12.8 Å². The molecular weight excluding hydrogens is 2390 g/mol. The maximum Gasteiger partial charge on any atom is 3.00 e. The van der Waals surface area contributed by atoms with E-state index in [1.54, 1.807) is 0 Å². The van der Waals surface area contributed by atoms with Gasteiger partial charge < -0.3 is 160 Å². The van der Waals surface area contributed by atoms with Gasteiger partial charge in [0.05, 0.1) is 89.5 Å². The fraction of sp³-hybridized carbons (Fsp3) is 0.731. The Morgan fingerprint density at radius 2 is 0.294 bits per heavy atom. The molecule has 126 heavy (non-hydrogen) atoms. The first kappa shape index (κ1) is 143.